The van der Waals surface area contributed by atoms with E-state index in [1.165, 1.54) is 49.4 Å². The molecule has 0 fully saturated rings. The van der Waals surface area contributed by atoms with E-state index in [1.54, 1.807) is 6.20 Å². The van der Waals surface area contributed by atoms with E-state index in [0.717, 1.165) is 12.0 Å². The van der Waals surface area contributed by atoms with Gasteiger partial charge in [0.05, 0.1) is 0 Å². The van der Waals surface area contributed by atoms with Crippen molar-refractivity contribution in [2.75, 3.05) is 0 Å². The van der Waals surface area contributed by atoms with Crippen LogP contribution in [0.4, 0.5) is 0 Å². The van der Waals surface area contributed by atoms with Crippen LogP contribution in [0.5, 0.6) is 0 Å². The molecular weight excluding hydrogens is 309 g/mol. The van der Waals surface area contributed by atoms with Crippen LogP contribution in [-0.4, -0.2) is 22.2 Å². The molecule has 2 N–H and O–H groups in total. The predicted octanol–water partition coefficient (Wildman–Crippen LogP) is 3.60. The largest absolute Gasteiger partial charge is 0.490 e. The lowest BCUT2D eigenvalue weighted by molar-refractivity contribution is 0.425. The van der Waals surface area contributed by atoms with E-state index >= 15 is 0 Å². The summed E-state index contributed by atoms with van der Waals surface area (Å²) in [6, 6.07) is 10.6. The van der Waals surface area contributed by atoms with Crippen molar-refractivity contribution in [3.8, 4) is 0 Å². The van der Waals surface area contributed by atoms with E-state index in [9.17, 15) is 10.0 Å². The number of hydrogen-bond acceptors (Lipinski definition) is 3. The highest BCUT2D eigenvalue weighted by atomic mass is 16.4. The summed E-state index contributed by atoms with van der Waals surface area (Å²) < 4.78 is 0. The average Bonchev–Trinajstić information content (AvgIpc) is 2.62. The van der Waals surface area contributed by atoms with Crippen molar-refractivity contribution in [3.63, 3.8) is 0 Å². The van der Waals surface area contributed by atoms with Crippen LogP contribution < -0.4 is 5.46 Å². The number of hydrogen-bond donors (Lipinski definition) is 2. The summed E-state index contributed by atoms with van der Waals surface area (Å²) in [6.07, 6.45) is 10.9. The maximum Gasteiger partial charge on any atom is 0.490 e. The molecule has 0 aliphatic rings. The van der Waals surface area contributed by atoms with Crippen LogP contribution in [0, 0.1) is 0 Å². The second-order valence-electron chi connectivity index (χ2n) is 7.37. The summed E-state index contributed by atoms with van der Waals surface area (Å²) in [5.41, 5.74) is 3.75. The van der Waals surface area contributed by atoms with Gasteiger partial charge in [0.15, 0.2) is 0 Å². The highest BCUT2D eigenvalue weighted by Crippen LogP contribution is 2.30. The van der Waals surface area contributed by atoms with E-state index in [4.69, 9.17) is 0 Å². The van der Waals surface area contributed by atoms with Gasteiger partial charge in [-0.3, -0.25) is 4.98 Å². The molecule has 0 unspecified atom stereocenters. The lowest BCUT2D eigenvalue weighted by atomic mass is 9.74. The monoisotopic (exact) mass is 339 g/mol. The van der Waals surface area contributed by atoms with Gasteiger partial charge in [-0.1, -0.05) is 76.8 Å². The standard InChI is InChI=1S/C21H30BNO2/c1-4-5-6-7-8-9-17-10-12-18(13-11-17)21(2,3)19-14-20(22(24)25)16-23-15-19/h10-16,24-25H,4-9H2,1-3H3. The minimum Gasteiger partial charge on any atom is -0.423 e. The first kappa shape index (κ1) is 19.7. The summed E-state index contributed by atoms with van der Waals surface area (Å²) in [5, 5.41) is 18.7. The number of rotatable bonds is 9. The molecule has 0 saturated heterocycles. The molecule has 0 spiro atoms. The van der Waals surface area contributed by atoms with Crippen molar-refractivity contribution in [2.24, 2.45) is 0 Å². The Labute approximate surface area is 152 Å². The summed E-state index contributed by atoms with van der Waals surface area (Å²) in [5.74, 6) is 0. The third kappa shape index (κ3) is 5.42. The first-order valence-electron chi connectivity index (χ1n) is 9.36. The third-order valence-corrected chi connectivity index (χ3v) is 5.02. The van der Waals surface area contributed by atoms with Crippen molar-refractivity contribution in [1.82, 2.24) is 4.98 Å². The minimum atomic E-state index is -1.49. The highest BCUT2D eigenvalue weighted by Gasteiger charge is 2.25. The van der Waals surface area contributed by atoms with Crippen LogP contribution >= 0.6 is 0 Å². The van der Waals surface area contributed by atoms with Gasteiger partial charge in [-0.2, -0.15) is 0 Å². The second kappa shape index (κ2) is 9.16. The van der Waals surface area contributed by atoms with Gasteiger partial charge in [0.25, 0.3) is 0 Å². The van der Waals surface area contributed by atoms with Crippen LogP contribution in [0.2, 0.25) is 0 Å². The van der Waals surface area contributed by atoms with Gasteiger partial charge in [0.2, 0.25) is 0 Å². The summed E-state index contributed by atoms with van der Waals surface area (Å²) >= 11 is 0. The number of aromatic nitrogens is 1. The van der Waals surface area contributed by atoms with Gasteiger partial charge >= 0.3 is 7.12 Å². The molecule has 3 nitrogen and oxygen atoms in total. The number of nitrogens with zero attached hydrogens (tertiary/aromatic N) is 1. The summed E-state index contributed by atoms with van der Waals surface area (Å²) in [4.78, 5) is 4.16. The smallest absolute Gasteiger partial charge is 0.423 e. The lowest BCUT2D eigenvalue weighted by Gasteiger charge is -2.26. The highest BCUT2D eigenvalue weighted by molar-refractivity contribution is 6.58. The zero-order valence-electron chi connectivity index (χ0n) is 15.7. The Hall–Kier alpha value is -1.65. The van der Waals surface area contributed by atoms with Crippen molar-refractivity contribution in [2.45, 2.75) is 64.7 Å². The number of aryl methyl sites for hydroxylation is 1. The molecule has 0 radical (unpaired) electrons. The number of pyridine rings is 1. The van der Waals surface area contributed by atoms with E-state index in [-0.39, 0.29) is 5.41 Å². The molecule has 0 saturated carbocycles. The van der Waals surface area contributed by atoms with Gasteiger partial charge < -0.3 is 10.0 Å². The third-order valence-electron chi connectivity index (χ3n) is 5.02. The minimum absolute atomic E-state index is 0.239. The fourth-order valence-corrected chi connectivity index (χ4v) is 3.13. The van der Waals surface area contributed by atoms with E-state index < -0.39 is 7.12 Å². The Kier molecular flexibility index (Phi) is 7.21. The Morgan fingerprint density at radius 2 is 1.60 bits per heavy atom. The Morgan fingerprint density at radius 1 is 0.920 bits per heavy atom. The molecule has 0 bridgehead atoms. The van der Waals surface area contributed by atoms with Crippen molar-refractivity contribution < 1.29 is 10.0 Å². The van der Waals surface area contributed by atoms with Gasteiger partial charge in [-0.25, -0.2) is 0 Å². The molecule has 2 rings (SSSR count). The van der Waals surface area contributed by atoms with Gasteiger partial charge in [0.1, 0.15) is 0 Å². The van der Waals surface area contributed by atoms with Crippen molar-refractivity contribution >= 4 is 12.6 Å². The predicted molar refractivity (Wildman–Crippen MR) is 105 cm³/mol. The quantitative estimate of drug-likeness (QED) is 0.542. The molecule has 25 heavy (non-hydrogen) atoms. The van der Waals surface area contributed by atoms with Crippen molar-refractivity contribution in [3.05, 3.63) is 59.4 Å². The molecular formula is C21H30BNO2. The molecule has 0 aliphatic heterocycles. The van der Waals surface area contributed by atoms with E-state index in [2.05, 4.69) is 50.0 Å². The Morgan fingerprint density at radius 3 is 2.24 bits per heavy atom. The molecule has 0 aliphatic carbocycles. The van der Waals surface area contributed by atoms with Crippen LogP contribution in [-0.2, 0) is 11.8 Å². The van der Waals surface area contributed by atoms with Gasteiger partial charge in [-0.15, -0.1) is 0 Å². The molecule has 1 aromatic carbocycles. The maximum absolute atomic E-state index is 9.37. The molecule has 0 amide bonds. The Balaban J connectivity index is 2.05. The fourth-order valence-electron chi connectivity index (χ4n) is 3.13. The van der Waals surface area contributed by atoms with Crippen molar-refractivity contribution in [1.29, 1.82) is 0 Å². The van der Waals surface area contributed by atoms with Crippen LogP contribution in [0.25, 0.3) is 0 Å². The molecule has 2 aromatic rings. The van der Waals surface area contributed by atoms with Gasteiger partial charge in [-0.05, 0) is 29.5 Å². The molecule has 134 valence electrons. The first-order chi connectivity index (χ1) is 11.9. The van der Waals surface area contributed by atoms with E-state index in [0.29, 0.717) is 5.46 Å². The summed E-state index contributed by atoms with van der Waals surface area (Å²) in [7, 11) is -1.49. The zero-order valence-corrected chi connectivity index (χ0v) is 15.7. The molecule has 1 aromatic heterocycles. The first-order valence-corrected chi connectivity index (χ1v) is 9.36. The Bertz CT molecular complexity index is 653. The van der Waals surface area contributed by atoms with Gasteiger partial charge in [0, 0.05) is 23.3 Å². The lowest BCUT2D eigenvalue weighted by Crippen LogP contribution is -2.32. The molecule has 1 heterocycles. The van der Waals surface area contributed by atoms with Crippen LogP contribution in [0.3, 0.4) is 0 Å². The average molecular weight is 339 g/mol. The fraction of sp³-hybridized carbons (Fsp3) is 0.476. The summed E-state index contributed by atoms with van der Waals surface area (Å²) in [6.45, 7) is 6.52. The van der Waals surface area contributed by atoms with Crippen LogP contribution in [0.15, 0.2) is 42.7 Å². The number of benzene rings is 1. The topological polar surface area (TPSA) is 53.4 Å². The normalized spacial score (nSPS) is 11.6. The van der Waals surface area contributed by atoms with E-state index in [1.807, 2.05) is 6.07 Å². The second-order valence-corrected chi connectivity index (χ2v) is 7.37. The molecule has 4 heteroatoms. The SMILES string of the molecule is CCCCCCCc1ccc(C(C)(C)c2cncc(B(O)O)c2)cc1. The molecule has 0 atom stereocenters. The number of unbranched alkanes of at least 4 members (excludes halogenated alkanes) is 4. The maximum atomic E-state index is 9.37. The van der Waals surface area contributed by atoms with Crippen LogP contribution in [0.1, 0.15) is 69.6 Å². The zero-order chi connectivity index (χ0) is 18.3.